The number of ketones is 1. The van der Waals surface area contributed by atoms with Crippen molar-refractivity contribution < 1.29 is 23.9 Å². The van der Waals surface area contributed by atoms with E-state index in [0.29, 0.717) is 35.3 Å². The SMILES string of the molecule is [N-]=[N+]=Nc1ccc([C@H]2CC(=O)C[C@@H](c3ccc(N=[N+]=[N-])cc3)C23C(=O)OC2(CCCCC2)OC3=O)cc1. The van der Waals surface area contributed by atoms with E-state index in [0.717, 1.165) is 19.3 Å². The Morgan fingerprint density at radius 2 is 1.14 bits per heavy atom. The molecule has 5 rings (SSSR count). The third kappa shape index (κ3) is 4.18. The van der Waals surface area contributed by atoms with Crippen LogP contribution in [0.1, 0.15) is 67.9 Å². The summed E-state index contributed by atoms with van der Waals surface area (Å²) in [4.78, 5) is 46.8. The van der Waals surface area contributed by atoms with Gasteiger partial charge in [-0.1, -0.05) is 65.2 Å². The maximum atomic E-state index is 14.1. The van der Waals surface area contributed by atoms with Gasteiger partial charge in [0, 0.05) is 58.7 Å². The van der Waals surface area contributed by atoms with Crippen molar-refractivity contribution in [3.05, 3.63) is 80.5 Å². The van der Waals surface area contributed by atoms with Crippen LogP contribution in [0.5, 0.6) is 0 Å². The van der Waals surface area contributed by atoms with Crippen molar-refractivity contribution in [1.82, 2.24) is 0 Å². The second kappa shape index (κ2) is 9.61. The van der Waals surface area contributed by atoms with Gasteiger partial charge in [-0.3, -0.25) is 14.4 Å². The molecule has 2 atom stereocenters. The van der Waals surface area contributed by atoms with Crippen LogP contribution in [0.15, 0.2) is 58.8 Å². The van der Waals surface area contributed by atoms with Crippen LogP contribution >= 0.6 is 0 Å². The van der Waals surface area contributed by atoms with Gasteiger partial charge in [-0.25, -0.2) is 0 Å². The fourth-order valence-electron chi connectivity index (χ4n) is 5.99. The molecule has 2 aliphatic carbocycles. The first-order chi connectivity index (χ1) is 17.9. The van der Waals surface area contributed by atoms with E-state index in [1.54, 1.807) is 48.5 Å². The molecule has 2 spiro atoms. The lowest BCUT2D eigenvalue weighted by Gasteiger charge is -2.52. The van der Waals surface area contributed by atoms with Gasteiger partial charge in [-0.2, -0.15) is 0 Å². The fourth-order valence-corrected chi connectivity index (χ4v) is 5.99. The Bertz CT molecular complexity index is 1240. The average Bonchev–Trinajstić information content (AvgIpc) is 2.89. The number of esters is 2. The summed E-state index contributed by atoms with van der Waals surface area (Å²) in [5.74, 6) is -4.46. The molecule has 1 aliphatic heterocycles. The highest BCUT2D eigenvalue weighted by Crippen LogP contribution is 2.59. The van der Waals surface area contributed by atoms with Crippen molar-refractivity contribution >= 4 is 29.1 Å². The molecule has 2 aromatic rings. The normalized spacial score (nSPS) is 23.9. The molecule has 0 N–H and O–H groups in total. The van der Waals surface area contributed by atoms with Gasteiger partial charge < -0.3 is 9.47 Å². The maximum absolute atomic E-state index is 14.1. The molecule has 3 aliphatic rings. The van der Waals surface area contributed by atoms with Gasteiger partial charge in [-0.15, -0.1) is 0 Å². The molecule has 1 heterocycles. The fraction of sp³-hybridized carbons (Fsp3) is 0.423. The summed E-state index contributed by atoms with van der Waals surface area (Å²) in [6.07, 6.45) is 3.31. The van der Waals surface area contributed by atoms with Crippen LogP contribution in [0.2, 0.25) is 0 Å². The molecule has 188 valence electrons. The lowest BCUT2D eigenvalue weighted by atomic mass is 9.55. The second-order valence-corrected chi connectivity index (χ2v) is 9.73. The maximum Gasteiger partial charge on any atom is 0.328 e. The predicted octanol–water partition coefficient (Wildman–Crippen LogP) is 6.55. The van der Waals surface area contributed by atoms with Crippen LogP contribution in [-0.2, 0) is 23.9 Å². The molecule has 11 heteroatoms. The number of carbonyl (C=O) groups excluding carboxylic acids is 3. The van der Waals surface area contributed by atoms with Gasteiger partial charge in [0.2, 0.25) is 0 Å². The smallest absolute Gasteiger partial charge is 0.328 e. The third-order valence-corrected chi connectivity index (χ3v) is 7.72. The Morgan fingerprint density at radius 1 is 0.703 bits per heavy atom. The molecule has 37 heavy (non-hydrogen) atoms. The molecule has 1 saturated heterocycles. The summed E-state index contributed by atoms with van der Waals surface area (Å²) < 4.78 is 12.0. The number of hydrogen-bond acceptors (Lipinski definition) is 7. The Balaban J connectivity index is 1.65. The molecule has 0 amide bonds. The van der Waals surface area contributed by atoms with E-state index in [1.807, 2.05) is 0 Å². The van der Waals surface area contributed by atoms with Gasteiger partial charge in [0.15, 0.2) is 5.41 Å². The number of rotatable bonds is 4. The van der Waals surface area contributed by atoms with Crippen LogP contribution in [0.3, 0.4) is 0 Å². The van der Waals surface area contributed by atoms with Gasteiger partial charge in [-0.05, 0) is 35.0 Å². The van der Waals surface area contributed by atoms with Crippen LogP contribution in [0.4, 0.5) is 11.4 Å². The van der Waals surface area contributed by atoms with Crippen molar-refractivity contribution in [2.24, 2.45) is 15.6 Å². The summed E-state index contributed by atoms with van der Waals surface area (Å²) in [6, 6.07) is 12.9. The van der Waals surface area contributed by atoms with E-state index in [2.05, 4.69) is 20.1 Å². The van der Waals surface area contributed by atoms with E-state index >= 15 is 0 Å². The van der Waals surface area contributed by atoms with Crippen molar-refractivity contribution in [2.75, 3.05) is 0 Å². The number of hydrogen-bond donors (Lipinski definition) is 0. The number of nitrogens with zero attached hydrogens (tertiary/aromatic N) is 6. The van der Waals surface area contributed by atoms with Crippen molar-refractivity contribution in [3.63, 3.8) is 0 Å². The minimum atomic E-state index is -1.80. The molecule has 2 aromatic carbocycles. The van der Waals surface area contributed by atoms with Gasteiger partial charge in [0.1, 0.15) is 5.78 Å². The molecule has 0 bridgehead atoms. The molecule has 0 aromatic heterocycles. The molecule has 0 unspecified atom stereocenters. The van der Waals surface area contributed by atoms with E-state index < -0.39 is 35.0 Å². The lowest BCUT2D eigenvalue weighted by molar-refractivity contribution is -0.275. The lowest BCUT2D eigenvalue weighted by Crippen LogP contribution is -2.62. The van der Waals surface area contributed by atoms with Gasteiger partial charge in [0.25, 0.3) is 5.79 Å². The first-order valence-corrected chi connectivity index (χ1v) is 12.2. The number of benzene rings is 2. The van der Waals surface area contributed by atoms with Crippen LogP contribution in [0, 0.1) is 5.41 Å². The monoisotopic (exact) mass is 500 g/mol. The largest absolute Gasteiger partial charge is 0.422 e. The number of ether oxygens (including phenoxy) is 2. The molecule has 3 fully saturated rings. The van der Waals surface area contributed by atoms with Crippen molar-refractivity contribution in [2.45, 2.75) is 62.6 Å². The molecule has 2 saturated carbocycles. The Kier molecular flexibility index (Phi) is 6.33. The van der Waals surface area contributed by atoms with Gasteiger partial charge >= 0.3 is 11.9 Å². The highest BCUT2D eigenvalue weighted by Gasteiger charge is 2.68. The number of Topliss-reactive ketones (excluding diaryl/α,β-unsaturated/α-hetero) is 1. The van der Waals surface area contributed by atoms with Crippen LogP contribution in [-0.4, -0.2) is 23.5 Å². The quantitative estimate of drug-likeness (QED) is 0.152. The third-order valence-electron chi connectivity index (χ3n) is 7.72. The topological polar surface area (TPSA) is 167 Å². The predicted molar refractivity (Wildman–Crippen MR) is 131 cm³/mol. The Hall–Kier alpha value is -4.33. The second-order valence-electron chi connectivity index (χ2n) is 9.73. The molecular formula is C26H24N6O5. The minimum absolute atomic E-state index is 0.0502. The van der Waals surface area contributed by atoms with E-state index in [1.165, 1.54) is 0 Å². The van der Waals surface area contributed by atoms with Crippen molar-refractivity contribution in [1.29, 1.82) is 0 Å². The summed E-state index contributed by atoms with van der Waals surface area (Å²) in [5.41, 5.74) is 17.5. The summed E-state index contributed by atoms with van der Waals surface area (Å²) in [6.45, 7) is 0. The zero-order valence-electron chi connectivity index (χ0n) is 19.9. The number of azide groups is 2. The van der Waals surface area contributed by atoms with Crippen molar-refractivity contribution in [3.8, 4) is 0 Å². The Labute approximate surface area is 212 Å². The highest BCUT2D eigenvalue weighted by molar-refractivity contribution is 6.06. The molecule has 0 radical (unpaired) electrons. The summed E-state index contributed by atoms with van der Waals surface area (Å²) in [7, 11) is 0. The first-order valence-electron chi connectivity index (χ1n) is 12.2. The van der Waals surface area contributed by atoms with Gasteiger partial charge in [0.05, 0.1) is 0 Å². The zero-order valence-corrected chi connectivity index (χ0v) is 19.9. The summed E-state index contributed by atoms with van der Waals surface area (Å²) >= 11 is 0. The first kappa shape index (κ1) is 24.4. The zero-order chi connectivity index (χ0) is 26.0. The standard InChI is InChI=1S/C26H24N6O5/c27-31-29-18-8-4-16(5-9-18)21-14-20(33)15-22(17-6-10-19(11-7-17)30-32-28)26(21)23(34)36-25(37-24(26)35)12-2-1-3-13-25/h4-11,21-22H,1-3,12-15H2/t21-,22+. The highest BCUT2D eigenvalue weighted by atomic mass is 16.7. The minimum Gasteiger partial charge on any atom is -0.422 e. The molecular weight excluding hydrogens is 476 g/mol. The van der Waals surface area contributed by atoms with E-state index in [9.17, 15) is 14.4 Å². The Morgan fingerprint density at radius 3 is 1.54 bits per heavy atom. The van der Waals surface area contributed by atoms with Crippen LogP contribution in [0.25, 0.3) is 20.9 Å². The summed E-state index contributed by atoms with van der Waals surface area (Å²) in [5, 5.41) is 7.16. The van der Waals surface area contributed by atoms with E-state index in [-0.39, 0.29) is 18.6 Å². The van der Waals surface area contributed by atoms with E-state index in [4.69, 9.17) is 20.5 Å². The van der Waals surface area contributed by atoms with Crippen LogP contribution < -0.4 is 0 Å². The molecule has 11 nitrogen and oxygen atoms in total. The number of carbonyl (C=O) groups is 3. The average molecular weight is 501 g/mol.